The first-order valence-corrected chi connectivity index (χ1v) is 7.65. The molecule has 1 aromatic heterocycles. The van der Waals surface area contributed by atoms with Crippen molar-refractivity contribution < 1.29 is 17.4 Å². The molecule has 0 aliphatic rings. The summed E-state index contributed by atoms with van der Waals surface area (Å²) in [4.78, 5) is 3.41. The molecule has 0 spiro atoms. The Labute approximate surface area is 144 Å². The Kier molecular flexibility index (Phi) is 5.06. The average Bonchev–Trinajstić information content (AvgIpc) is 2.42. The molecule has 3 aromatic rings. The third-order valence-corrected chi connectivity index (χ3v) is 4.00. The van der Waals surface area contributed by atoms with Crippen LogP contribution in [-0.4, -0.2) is 0 Å². The van der Waals surface area contributed by atoms with E-state index in [4.69, 9.17) is 0 Å². The monoisotopic (exact) mass is 410 g/mol. The van der Waals surface area contributed by atoms with Crippen LogP contribution in [0.2, 0.25) is 0 Å². The average molecular weight is 411 g/mol. The predicted octanol–water partition coefficient (Wildman–Crippen LogP) is 1.62. The van der Waals surface area contributed by atoms with Crippen LogP contribution in [0.25, 0.3) is 10.9 Å². The zero-order valence-corrected chi connectivity index (χ0v) is 14.8. The number of rotatable bonds is 2. The molecule has 0 aliphatic heterocycles. The molecule has 3 rings (SSSR count). The van der Waals surface area contributed by atoms with Gasteiger partial charge in [0.05, 0.1) is 11.1 Å². The van der Waals surface area contributed by atoms with Crippen molar-refractivity contribution in [3.8, 4) is 0 Å². The van der Waals surface area contributed by atoms with E-state index in [1.807, 2.05) is 0 Å². The third kappa shape index (κ3) is 3.66. The molecule has 108 valence electrons. The Morgan fingerprint density at radius 3 is 2.38 bits per heavy atom. The maximum atomic E-state index is 3.52. The highest BCUT2D eigenvalue weighted by Gasteiger charge is 2.09. The summed E-state index contributed by atoms with van der Waals surface area (Å²) in [6, 6.07) is 17.1. The van der Waals surface area contributed by atoms with Crippen molar-refractivity contribution in [1.82, 2.24) is 0 Å². The van der Waals surface area contributed by atoms with Gasteiger partial charge in [-0.2, -0.15) is 0 Å². The number of anilines is 2. The summed E-state index contributed by atoms with van der Waals surface area (Å²) in [5.41, 5.74) is 5.82. The number of fused-ring (bicyclic) bond motifs is 1. The standard InChI is InChI=1S/C17H15IN2.ClH/c1-11-3-8-16-15(9-11)17(10-12(2)19-16)20-14-6-4-13(18)5-7-14;/h3-10H,1-2H3,(H,19,20);1H. The minimum atomic E-state index is 0. The summed E-state index contributed by atoms with van der Waals surface area (Å²) in [7, 11) is 0. The molecule has 0 saturated carbocycles. The summed E-state index contributed by atoms with van der Waals surface area (Å²) in [5.74, 6) is 0. The van der Waals surface area contributed by atoms with E-state index in [1.165, 1.54) is 14.5 Å². The zero-order valence-electron chi connectivity index (χ0n) is 11.9. The molecule has 0 bridgehead atoms. The summed E-state index contributed by atoms with van der Waals surface area (Å²) in [5, 5.41) is 4.74. The van der Waals surface area contributed by atoms with E-state index in [9.17, 15) is 0 Å². The van der Waals surface area contributed by atoms with Crippen molar-refractivity contribution in [3.05, 3.63) is 63.4 Å². The molecule has 0 fully saturated rings. The van der Waals surface area contributed by atoms with Crippen LogP contribution in [0.5, 0.6) is 0 Å². The Hall–Kier alpha value is -1.33. The van der Waals surface area contributed by atoms with Gasteiger partial charge in [0, 0.05) is 28.3 Å². The second-order valence-corrected chi connectivity index (χ2v) is 6.29. The molecule has 2 aromatic carbocycles. The van der Waals surface area contributed by atoms with Crippen LogP contribution in [0.15, 0.2) is 48.5 Å². The molecule has 2 N–H and O–H groups in total. The van der Waals surface area contributed by atoms with Crippen LogP contribution in [0.3, 0.4) is 0 Å². The topological polar surface area (TPSA) is 26.2 Å². The first-order valence-electron chi connectivity index (χ1n) is 6.58. The summed E-state index contributed by atoms with van der Waals surface area (Å²) < 4.78 is 1.24. The van der Waals surface area contributed by atoms with Crippen LogP contribution in [0.1, 0.15) is 11.3 Å². The quantitative estimate of drug-likeness (QED) is 0.639. The summed E-state index contributed by atoms with van der Waals surface area (Å²) in [6.45, 7) is 4.20. The second kappa shape index (κ2) is 6.62. The number of nitrogens with one attached hydrogen (secondary N) is 2. The van der Waals surface area contributed by atoms with Gasteiger partial charge < -0.3 is 17.7 Å². The smallest absolute Gasteiger partial charge is 0.213 e. The highest BCUT2D eigenvalue weighted by Crippen LogP contribution is 2.26. The van der Waals surface area contributed by atoms with Gasteiger partial charge in [0.25, 0.3) is 0 Å². The molecule has 4 heteroatoms. The van der Waals surface area contributed by atoms with Crippen molar-refractivity contribution >= 4 is 44.9 Å². The van der Waals surface area contributed by atoms with Gasteiger partial charge in [-0.3, -0.25) is 0 Å². The molecule has 0 atom stereocenters. The van der Waals surface area contributed by atoms with Gasteiger partial charge in [0.2, 0.25) is 5.52 Å². The van der Waals surface area contributed by atoms with Gasteiger partial charge in [0.1, 0.15) is 0 Å². The minimum Gasteiger partial charge on any atom is -1.00 e. The maximum absolute atomic E-state index is 3.52. The lowest BCUT2D eigenvalue weighted by Crippen LogP contribution is -3.00. The van der Waals surface area contributed by atoms with E-state index in [-0.39, 0.29) is 12.4 Å². The van der Waals surface area contributed by atoms with E-state index < -0.39 is 0 Å². The number of aromatic nitrogens is 1. The number of hydrogen-bond donors (Lipinski definition) is 1. The number of halogens is 2. The lowest BCUT2D eigenvalue weighted by atomic mass is 10.1. The zero-order chi connectivity index (χ0) is 14.1. The van der Waals surface area contributed by atoms with E-state index >= 15 is 0 Å². The molecular formula is C17H16ClIN2. The Morgan fingerprint density at radius 2 is 1.67 bits per heavy atom. The highest BCUT2D eigenvalue weighted by atomic mass is 127. The maximum Gasteiger partial charge on any atom is 0.213 e. The lowest BCUT2D eigenvalue weighted by molar-refractivity contribution is -0.354. The van der Waals surface area contributed by atoms with Crippen molar-refractivity contribution in [2.75, 3.05) is 5.32 Å². The molecule has 21 heavy (non-hydrogen) atoms. The molecule has 2 nitrogen and oxygen atoms in total. The fourth-order valence-electron chi connectivity index (χ4n) is 2.32. The van der Waals surface area contributed by atoms with Crippen LogP contribution >= 0.6 is 22.6 Å². The predicted molar refractivity (Wildman–Crippen MR) is 92.4 cm³/mol. The fraction of sp³-hybridized carbons (Fsp3) is 0.118. The highest BCUT2D eigenvalue weighted by molar-refractivity contribution is 14.1. The summed E-state index contributed by atoms with van der Waals surface area (Å²) >= 11 is 2.32. The molecular weight excluding hydrogens is 395 g/mol. The van der Waals surface area contributed by atoms with Gasteiger partial charge in [-0.05, 0) is 65.4 Å². The van der Waals surface area contributed by atoms with Crippen molar-refractivity contribution in [2.45, 2.75) is 13.8 Å². The molecule has 0 amide bonds. The Bertz CT molecular complexity index is 770. The van der Waals surface area contributed by atoms with Crippen molar-refractivity contribution in [3.63, 3.8) is 0 Å². The van der Waals surface area contributed by atoms with Gasteiger partial charge in [-0.15, -0.1) is 0 Å². The first-order chi connectivity index (χ1) is 9.61. The van der Waals surface area contributed by atoms with E-state index in [2.05, 4.69) is 95.3 Å². The van der Waals surface area contributed by atoms with Crippen molar-refractivity contribution in [1.29, 1.82) is 0 Å². The van der Waals surface area contributed by atoms with Crippen LogP contribution < -0.4 is 22.7 Å². The number of H-pyrrole nitrogens is 1. The van der Waals surface area contributed by atoms with Gasteiger partial charge in [-0.1, -0.05) is 6.07 Å². The molecule has 1 heterocycles. The van der Waals surface area contributed by atoms with Crippen LogP contribution in [0, 0.1) is 17.4 Å². The van der Waals surface area contributed by atoms with Crippen LogP contribution in [0.4, 0.5) is 11.4 Å². The van der Waals surface area contributed by atoms with E-state index in [0.29, 0.717) is 0 Å². The molecule has 0 radical (unpaired) electrons. The van der Waals surface area contributed by atoms with Gasteiger partial charge in [-0.25, -0.2) is 4.98 Å². The number of hydrogen-bond acceptors (Lipinski definition) is 1. The first kappa shape index (κ1) is 16.0. The largest absolute Gasteiger partial charge is 1.00 e. The van der Waals surface area contributed by atoms with Gasteiger partial charge >= 0.3 is 0 Å². The SMILES string of the molecule is Cc1ccc2[nH+]c(C)cc(Nc3ccc(I)cc3)c2c1.[Cl-]. The second-order valence-electron chi connectivity index (χ2n) is 5.05. The van der Waals surface area contributed by atoms with Crippen molar-refractivity contribution in [2.24, 2.45) is 0 Å². The van der Waals surface area contributed by atoms with Crippen LogP contribution in [-0.2, 0) is 0 Å². The molecule has 0 unspecified atom stereocenters. The van der Waals surface area contributed by atoms with E-state index in [0.717, 1.165) is 22.6 Å². The number of benzene rings is 2. The lowest BCUT2D eigenvalue weighted by Gasteiger charge is -2.09. The minimum absolute atomic E-state index is 0. The summed E-state index contributed by atoms with van der Waals surface area (Å²) in [6.07, 6.45) is 0. The normalized spacial score (nSPS) is 10.2. The number of pyridine rings is 1. The van der Waals surface area contributed by atoms with Gasteiger partial charge in [0.15, 0.2) is 5.69 Å². The Morgan fingerprint density at radius 1 is 0.952 bits per heavy atom. The molecule has 0 saturated heterocycles. The van der Waals surface area contributed by atoms with E-state index in [1.54, 1.807) is 0 Å². The number of aryl methyl sites for hydroxylation is 2. The Balaban J connectivity index is 0.00000161. The third-order valence-electron chi connectivity index (χ3n) is 3.28. The molecule has 0 aliphatic carbocycles. The fourth-order valence-corrected chi connectivity index (χ4v) is 2.68. The number of aromatic amines is 1.